The molecular weight excluding hydrogens is 531 g/mol. The van der Waals surface area contributed by atoms with Gasteiger partial charge in [-0.25, -0.2) is 4.79 Å². The molecule has 2 aliphatic rings. The summed E-state index contributed by atoms with van der Waals surface area (Å²) in [6.07, 6.45) is 0. The Balaban J connectivity index is 1.66. The topological polar surface area (TPSA) is 99.7 Å². The van der Waals surface area contributed by atoms with Crippen molar-refractivity contribution < 1.29 is 14.4 Å². The summed E-state index contributed by atoms with van der Waals surface area (Å²) in [5, 5.41) is 9.51. The molecule has 0 saturated carbocycles. The number of thioether (sulfide) groups is 1. The summed E-state index contributed by atoms with van der Waals surface area (Å²) < 4.78 is 0. The third kappa shape index (κ3) is 4.72. The van der Waals surface area contributed by atoms with Crippen LogP contribution in [0.25, 0.3) is 0 Å². The van der Waals surface area contributed by atoms with E-state index in [0.29, 0.717) is 32.1 Å². The number of amides is 4. The molecule has 2 aliphatic heterocycles. The highest BCUT2D eigenvalue weighted by molar-refractivity contribution is 8.13. The van der Waals surface area contributed by atoms with Gasteiger partial charge in [0.1, 0.15) is 6.04 Å². The van der Waals surface area contributed by atoms with Crippen LogP contribution in [0.2, 0.25) is 10.0 Å². The van der Waals surface area contributed by atoms with Gasteiger partial charge in [0, 0.05) is 15.8 Å². The molecule has 188 valence electrons. The second-order valence-electron chi connectivity index (χ2n) is 8.84. The lowest BCUT2D eigenvalue weighted by atomic mass is 9.66. The average molecular weight is 553 g/mol. The van der Waals surface area contributed by atoms with E-state index >= 15 is 0 Å². The van der Waals surface area contributed by atoms with Crippen LogP contribution in [0.15, 0.2) is 77.8 Å². The number of hydrogen-bond donors (Lipinski definition) is 3. The molecule has 0 aromatic heterocycles. The minimum atomic E-state index is -1.80. The predicted molar refractivity (Wildman–Crippen MR) is 146 cm³/mol. The third-order valence-corrected chi connectivity index (χ3v) is 8.08. The van der Waals surface area contributed by atoms with E-state index in [-0.39, 0.29) is 0 Å². The van der Waals surface area contributed by atoms with Crippen molar-refractivity contribution in [2.24, 2.45) is 10.4 Å². The highest BCUT2D eigenvalue weighted by Crippen LogP contribution is 2.51. The maximum absolute atomic E-state index is 13.7. The first kappa shape index (κ1) is 25.3. The molecule has 0 unspecified atom stereocenters. The van der Waals surface area contributed by atoms with Gasteiger partial charge < -0.3 is 5.32 Å². The molecule has 4 amide bonds. The fraction of sp³-hybridized carbons (Fsp3) is 0.185. The summed E-state index contributed by atoms with van der Waals surface area (Å²) in [5.41, 5.74) is 1.74. The Morgan fingerprint density at radius 3 is 2.00 bits per heavy atom. The Labute approximate surface area is 228 Å². The Hall–Kier alpha value is -3.33. The minimum Gasteiger partial charge on any atom is -0.356 e. The molecule has 5 rings (SSSR count). The van der Waals surface area contributed by atoms with Crippen LogP contribution >= 0.6 is 35.0 Å². The van der Waals surface area contributed by atoms with Gasteiger partial charge in [-0.1, -0.05) is 83.5 Å². The van der Waals surface area contributed by atoms with Crippen LogP contribution in [0, 0.1) is 12.3 Å². The molecule has 1 fully saturated rings. The van der Waals surface area contributed by atoms with Crippen molar-refractivity contribution in [3.8, 4) is 0 Å². The highest BCUT2D eigenvalue weighted by atomic mass is 35.5. The number of aryl methyl sites for hydroxylation is 1. The van der Waals surface area contributed by atoms with E-state index in [1.54, 1.807) is 48.5 Å². The third-order valence-electron chi connectivity index (χ3n) is 6.62. The fourth-order valence-electron chi connectivity index (χ4n) is 4.69. The summed E-state index contributed by atoms with van der Waals surface area (Å²) in [5.74, 6) is -0.844. The van der Waals surface area contributed by atoms with Crippen LogP contribution in [-0.2, 0) is 15.3 Å². The second-order valence-corrected chi connectivity index (χ2v) is 10.7. The quantitative estimate of drug-likeness (QED) is 0.380. The number of hydrogen-bond acceptors (Lipinski definition) is 6. The molecule has 37 heavy (non-hydrogen) atoms. The Morgan fingerprint density at radius 1 is 0.838 bits per heavy atom. The summed E-state index contributed by atoms with van der Waals surface area (Å²) in [4.78, 5) is 44.3. The SMILES string of the molecule is Cc1ccccc1CSC1=N[C@@H](c2ccc(Cl)cc2)C2(C(=O)NC(=O)NC2=O)[C@H](c2ccc(Cl)cc2)N1. The number of carbonyl (C=O) groups excluding carboxylic acids is 3. The number of halogens is 2. The molecular formula is C27H22Cl2N4O3S. The zero-order valence-electron chi connectivity index (χ0n) is 19.6. The molecule has 7 nitrogen and oxygen atoms in total. The van der Waals surface area contributed by atoms with Crippen LogP contribution in [0.4, 0.5) is 4.79 Å². The number of nitrogens with one attached hydrogen (secondary N) is 3. The standard InChI is InChI=1S/C27H22Cl2N4O3S/c1-15-4-2-3-5-18(15)14-37-26-30-21(16-6-10-19(28)11-7-16)27(23(34)32-25(36)33-24(27)35)22(31-26)17-8-12-20(29)13-9-17/h2-13,21-22H,14H2,1H3,(H,30,31)(H2,32,33,34,35,36)/t21-,22-/m0/s1. The van der Waals surface area contributed by atoms with Crippen LogP contribution in [0.5, 0.6) is 0 Å². The van der Waals surface area contributed by atoms with Gasteiger partial charge in [0.05, 0.1) is 6.04 Å². The average Bonchev–Trinajstić information content (AvgIpc) is 2.87. The lowest BCUT2D eigenvalue weighted by molar-refractivity contribution is -0.149. The number of imide groups is 2. The maximum Gasteiger partial charge on any atom is 0.328 e. The summed E-state index contributed by atoms with van der Waals surface area (Å²) in [7, 11) is 0. The minimum absolute atomic E-state index is 0.506. The summed E-state index contributed by atoms with van der Waals surface area (Å²) in [6.45, 7) is 2.04. The van der Waals surface area contributed by atoms with E-state index in [1.807, 2.05) is 31.2 Å². The van der Waals surface area contributed by atoms with Gasteiger partial charge >= 0.3 is 6.03 Å². The number of benzene rings is 3. The molecule has 0 aliphatic carbocycles. The number of carbonyl (C=O) groups is 3. The number of barbiturate groups is 1. The molecule has 1 saturated heterocycles. The number of amidine groups is 1. The van der Waals surface area contributed by atoms with Crippen molar-refractivity contribution in [1.29, 1.82) is 0 Å². The van der Waals surface area contributed by atoms with Crippen molar-refractivity contribution in [2.75, 3.05) is 0 Å². The predicted octanol–water partition coefficient (Wildman–Crippen LogP) is 5.33. The zero-order chi connectivity index (χ0) is 26.2. The van der Waals surface area contributed by atoms with Gasteiger partial charge in [0.25, 0.3) is 0 Å². The van der Waals surface area contributed by atoms with E-state index in [1.165, 1.54) is 11.8 Å². The number of urea groups is 1. The largest absolute Gasteiger partial charge is 0.356 e. The lowest BCUT2D eigenvalue weighted by Gasteiger charge is -2.47. The van der Waals surface area contributed by atoms with E-state index in [4.69, 9.17) is 28.2 Å². The Bertz CT molecular complexity index is 1390. The van der Waals surface area contributed by atoms with Gasteiger partial charge in [-0.15, -0.1) is 0 Å². The molecule has 2 heterocycles. The van der Waals surface area contributed by atoms with Crippen molar-refractivity contribution >= 4 is 58.0 Å². The Morgan fingerprint density at radius 2 is 1.41 bits per heavy atom. The first-order valence-electron chi connectivity index (χ1n) is 11.5. The van der Waals surface area contributed by atoms with E-state index in [2.05, 4.69) is 16.0 Å². The highest BCUT2D eigenvalue weighted by Gasteiger charge is 2.63. The Kier molecular flexibility index (Phi) is 6.98. The number of rotatable bonds is 4. The monoisotopic (exact) mass is 552 g/mol. The molecule has 3 N–H and O–H groups in total. The van der Waals surface area contributed by atoms with E-state index < -0.39 is 35.3 Å². The second kappa shape index (κ2) is 10.2. The zero-order valence-corrected chi connectivity index (χ0v) is 22.0. The molecule has 0 bridgehead atoms. The normalized spacial score (nSPS) is 20.6. The molecule has 2 atom stereocenters. The van der Waals surface area contributed by atoms with E-state index in [0.717, 1.165) is 11.1 Å². The van der Waals surface area contributed by atoms with Gasteiger partial charge in [-0.3, -0.25) is 25.2 Å². The number of aliphatic imine (C=N–C) groups is 1. The van der Waals surface area contributed by atoms with Crippen molar-refractivity contribution in [3.05, 3.63) is 105 Å². The van der Waals surface area contributed by atoms with Gasteiger partial charge in [0.2, 0.25) is 11.8 Å². The molecule has 10 heteroatoms. The van der Waals surface area contributed by atoms with Crippen LogP contribution in [0.3, 0.4) is 0 Å². The van der Waals surface area contributed by atoms with Gasteiger partial charge in [0.15, 0.2) is 10.6 Å². The smallest absolute Gasteiger partial charge is 0.328 e. The van der Waals surface area contributed by atoms with Gasteiger partial charge in [-0.05, 0) is 53.4 Å². The van der Waals surface area contributed by atoms with Crippen LogP contribution in [-0.4, -0.2) is 23.0 Å². The van der Waals surface area contributed by atoms with Gasteiger partial charge in [-0.2, -0.15) is 0 Å². The summed E-state index contributed by atoms with van der Waals surface area (Å²) >= 11 is 13.8. The molecule has 3 aromatic rings. The van der Waals surface area contributed by atoms with Crippen molar-refractivity contribution in [1.82, 2.24) is 16.0 Å². The van der Waals surface area contributed by atoms with Crippen LogP contribution in [0.1, 0.15) is 34.3 Å². The molecule has 3 aromatic carbocycles. The first-order valence-corrected chi connectivity index (χ1v) is 13.2. The van der Waals surface area contributed by atoms with E-state index in [9.17, 15) is 14.4 Å². The van der Waals surface area contributed by atoms with Crippen molar-refractivity contribution in [2.45, 2.75) is 24.8 Å². The first-order chi connectivity index (χ1) is 17.8. The summed E-state index contributed by atoms with van der Waals surface area (Å²) in [6, 6.07) is 19.1. The number of nitrogens with zero attached hydrogens (tertiary/aromatic N) is 1. The molecule has 0 radical (unpaired) electrons. The maximum atomic E-state index is 13.7. The lowest BCUT2D eigenvalue weighted by Crippen LogP contribution is -2.69. The van der Waals surface area contributed by atoms with Crippen LogP contribution < -0.4 is 16.0 Å². The molecule has 1 spiro atoms. The fourth-order valence-corrected chi connectivity index (χ4v) is 5.94. The van der Waals surface area contributed by atoms with Crippen molar-refractivity contribution in [3.63, 3.8) is 0 Å².